The molecule has 0 unspecified atom stereocenters. The summed E-state index contributed by atoms with van der Waals surface area (Å²) in [7, 11) is 0. The fourth-order valence-corrected chi connectivity index (χ4v) is 5.24. The molecule has 1 aromatic carbocycles. The second-order valence-electron chi connectivity index (χ2n) is 8.17. The number of thiazole rings is 1. The zero-order chi connectivity index (χ0) is 19.8. The largest absolute Gasteiger partial charge is 0.333 e. The van der Waals surface area contributed by atoms with Gasteiger partial charge in [0, 0.05) is 24.3 Å². The van der Waals surface area contributed by atoms with Crippen molar-refractivity contribution in [1.29, 1.82) is 0 Å². The molecule has 1 saturated heterocycles. The van der Waals surface area contributed by atoms with Crippen molar-refractivity contribution in [3.05, 3.63) is 46.2 Å². The molecule has 3 aromatic rings. The van der Waals surface area contributed by atoms with Gasteiger partial charge in [-0.25, -0.2) is 4.98 Å². The monoisotopic (exact) mass is 396 g/mol. The first-order chi connectivity index (χ1) is 13.4. The number of fused-ring (bicyclic) bond motifs is 1. The second-order valence-corrected chi connectivity index (χ2v) is 9.23. The van der Waals surface area contributed by atoms with Crippen molar-refractivity contribution in [3.63, 3.8) is 0 Å². The van der Waals surface area contributed by atoms with Gasteiger partial charge in [0.05, 0.1) is 28.4 Å². The lowest BCUT2D eigenvalue weighted by molar-refractivity contribution is -0.131. The van der Waals surface area contributed by atoms with E-state index in [1.165, 1.54) is 4.70 Å². The van der Waals surface area contributed by atoms with Crippen molar-refractivity contribution in [1.82, 2.24) is 19.7 Å². The van der Waals surface area contributed by atoms with E-state index >= 15 is 0 Å². The quantitative estimate of drug-likeness (QED) is 0.630. The number of nitrogens with zero attached hydrogens (tertiary/aromatic N) is 4. The molecule has 0 saturated carbocycles. The van der Waals surface area contributed by atoms with Crippen LogP contribution in [-0.2, 0) is 17.8 Å². The van der Waals surface area contributed by atoms with Crippen molar-refractivity contribution in [2.24, 2.45) is 5.92 Å². The Morgan fingerprint density at radius 3 is 2.82 bits per heavy atom. The summed E-state index contributed by atoms with van der Waals surface area (Å²) >= 11 is 1.72. The molecular weight excluding hydrogens is 368 g/mol. The van der Waals surface area contributed by atoms with Crippen molar-refractivity contribution >= 4 is 27.5 Å². The number of likely N-dealkylation sites (tertiary alicyclic amines) is 1. The van der Waals surface area contributed by atoms with Crippen molar-refractivity contribution < 1.29 is 4.79 Å². The number of carbonyl (C=O) groups excluding carboxylic acids is 1. The van der Waals surface area contributed by atoms with E-state index in [1.54, 1.807) is 11.3 Å². The van der Waals surface area contributed by atoms with E-state index in [-0.39, 0.29) is 11.9 Å². The summed E-state index contributed by atoms with van der Waals surface area (Å²) in [4.78, 5) is 20.1. The number of hydrogen-bond acceptors (Lipinski definition) is 4. The van der Waals surface area contributed by atoms with Gasteiger partial charge in [-0.05, 0) is 44.7 Å². The molecule has 1 amide bonds. The molecule has 1 aliphatic heterocycles. The Morgan fingerprint density at radius 2 is 2.07 bits per heavy atom. The summed E-state index contributed by atoms with van der Waals surface area (Å²) in [6, 6.07) is 8.32. The molecule has 3 heterocycles. The molecule has 0 bridgehead atoms. The van der Waals surface area contributed by atoms with Crippen LogP contribution in [0.3, 0.4) is 0 Å². The van der Waals surface area contributed by atoms with Gasteiger partial charge in [0.1, 0.15) is 5.01 Å². The lowest BCUT2D eigenvalue weighted by Gasteiger charge is -2.23. The molecular formula is C22H28N4OS. The molecule has 6 heteroatoms. The van der Waals surface area contributed by atoms with Crippen LogP contribution in [0, 0.1) is 19.8 Å². The van der Waals surface area contributed by atoms with Crippen LogP contribution in [0.5, 0.6) is 0 Å². The number of benzene rings is 1. The van der Waals surface area contributed by atoms with Gasteiger partial charge >= 0.3 is 0 Å². The van der Waals surface area contributed by atoms with E-state index in [1.807, 2.05) is 30.0 Å². The molecule has 1 atom stereocenters. The van der Waals surface area contributed by atoms with Gasteiger partial charge < -0.3 is 4.90 Å². The Bertz CT molecular complexity index is 970. The second kappa shape index (κ2) is 7.66. The zero-order valence-electron chi connectivity index (χ0n) is 17.1. The van der Waals surface area contributed by atoms with E-state index in [4.69, 9.17) is 4.98 Å². The third-order valence-electron chi connectivity index (χ3n) is 5.57. The van der Waals surface area contributed by atoms with E-state index in [2.05, 4.69) is 36.6 Å². The van der Waals surface area contributed by atoms with Crippen LogP contribution in [-0.4, -0.2) is 32.1 Å². The maximum absolute atomic E-state index is 13.2. The number of aryl methyl sites for hydroxylation is 1. The molecule has 148 valence electrons. The molecule has 1 fully saturated rings. The van der Waals surface area contributed by atoms with Gasteiger partial charge in [-0.15, -0.1) is 11.3 Å². The van der Waals surface area contributed by atoms with E-state index in [0.29, 0.717) is 12.3 Å². The molecule has 28 heavy (non-hydrogen) atoms. The summed E-state index contributed by atoms with van der Waals surface area (Å²) in [6.45, 7) is 10.2. The highest BCUT2D eigenvalue weighted by atomic mass is 32.1. The lowest BCUT2D eigenvalue weighted by Crippen LogP contribution is -2.32. The molecule has 0 aliphatic carbocycles. The summed E-state index contributed by atoms with van der Waals surface area (Å²) in [6.07, 6.45) is 2.46. The smallest absolute Gasteiger partial charge is 0.227 e. The highest BCUT2D eigenvalue weighted by Gasteiger charge is 2.33. The summed E-state index contributed by atoms with van der Waals surface area (Å²) in [5, 5.41) is 5.74. The predicted molar refractivity (Wildman–Crippen MR) is 114 cm³/mol. The first kappa shape index (κ1) is 19.1. The maximum Gasteiger partial charge on any atom is 0.227 e. The minimum absolute atomic E-state index is 0.108. The molecule has 0 N–H and O–H groups in total. The summed E-state index contributed by atoms with van der Waals surface area (Å²) in [5.41, 5.74) is 4.21. The third kappa shape index (κ3) is 3.58. The Labute approximate surface area is 170 Å². The number of rotatable bonds is 5. The number of carbonyl (C=O) groups is 1. The average Bonchev–Trinajstić information content (AvgIpc) is 3.35. The molecule has 5 nitrogen and oxygen atoms in total. The number of aromatic nitrogens is 3. The van der Waals surface area contributed by atoms with Gasteiger partial charge in [-0.2, -0.15) is 5.10 Å². The van der Waals surface area contributed by atoms with Gasteiger partial charge in [0.25, 0.3) is 0 Å². The maximum atomic E-state index is 13.2. The number of para-hydroxylation sites is 1. The number of hydrogen-bond donors (Lipinski definition) is 0. The van der Waals surface area contributed by atoms with Crippen LogP contribution in [0.2, 0.25) is 0 Å². The SMILES string of the molecule is Cc1nn(CC(C)C)c(C)c1CC(=O)N1CCC[C@@H]1c1nc2ccccc2s1. The Hall–Kier alpha value is -2.21. The van der Waals surface area contributed by atoms with E-state index < -0.39 is 0 Å². The fraction of sp³-hybridized carbons (Fsp3) is 0.500. The highest BCUT2D eigenvalue weighted by molar-refractivity contribution is 7.18. The minimum Gasteiger partial charge on any atom is -0.333 e. The topological polar surface area (TPSA) is 51.0 Å². The first-order valence-electron chi connectivity index (χ1n) is 10.1. The van der Waals surface area contributed by atoms with Crippen molar-refractivity contribution in [2.75, 3.05) is 6.54 Å². The normalized spacial score (nSPS) is 17.2. The molecule has 4 rings (SSSR count). The molecule has 0 spiro atoms. The average molecular weight is 397 g/mol. The Kier molecular flexibility index (Phi) is 5.23. The van der Waals surface area contributed by atoms with Crippen LogP contribution in [0.25, 0.3) is 10.2 Å². The van der Waals surface area contributed by atoms with Crippen LogP contribution in [0.1, 0.15) is 54.7 Å². The van der Waals surface area contributed by atoms with Gasteiger partial charge in [-0.3, -0.25) is 9.48 Å². The molecule has 1 aliphatic rings. The van der Waals surface area contributed by atoms with Gasteiger partial charge in [0.15, 0.2) is 0 Å². The fourth-order valence-electron chi connectivity index (χ4n) is 4.12. The summed E-state index contributed by atoms with van der Waals surface area (Å²) in [5.74, 6) is 0.723. The summed E-state index contributed by atoms with van der Waals surface area (Å²) < 4.78 is 3.25. The van der Waals surface area contributed by atoms with Crippen LogP contribution in [0.4, 0.5) is 0 Å². The van der Waals surface area contributed by atoms with E-state index in [9.17, 15) is 4.79 Å². The van der Waals surface area contributed by atoms with Crippen molar-refractivity contribution in [2.45, 2.75) is 59.5 Å². The van der Waals surface area contributed by atoms with E-state index in [0.717, 1.165) is 53.4 Å². The Balaban J connectivity index is 1.55. The van der Waals surface area contributed by atoms with Crippen LogP contribution >= 0.6 is 11.3 Å². The van der Waals surface area contributed by atoms with Crippen molar-refractivity contribution in [3.8, 4) is 0 Å². The van der Waals surface area contributed by atoms with Crippen LogP contribution in [0.15, 0.2) is 24.3 Å². The lowest BCUT2D eigenvalue weighted by atomic mass is 10.1. The highest BCUT2D eigenvalue weighted by Crippen LogP contribution is 2.37. The minimum atomic E-state index is 0.108. The van der Waals surface area contributed by atoms with Gasteiger partial charge in [0.2, 0.25) is 5.91 Å². The zero-order valence-corrected chi connectivity index (χ0v) is 17.9. The first-order valence-corrected chi connectivity index (χ1v) is 10.9. The van der Waals surface area contributed by atoms with Crippen LogP contribution < -0.4 is 0 Å². The number of amides is 1. The predicted octanol–water partition coefficient (Wildman–Crippen LogP) is 4.67. The molecule has 0 radical (unpaired) electrons. The third-order valence-corrected chi connectivity index (χ3v) is 6.70. The Morgan fingerprint density at radius 1 is 1.29 bits per heavy atom. The standard InChI is InChI=1S/C22H28N4OS/c1-14(2)13-26-16(4)17(15(3)24-26)12-21(27)25-11-7-9-19(25)22-23-18-8-5-6-10-20(18)28-22/h5-6,8,10,14,19H,7,9,11-13H2,1-4H3/t19-/m1/s1. The molecule has 2 aromatic heterocycles. The van der Waals surface area contributed by atoms with Gasteiger partial charge in [-0.1, -0.05) is 26.0 Å².